The van der Waals surface area contributed by atoms with E-state index in [0.29, 0.717) is 16.9 Å². The van der Waals surface area contributed by atoms with Crippen molar-refractivity contribution in [3.8, 4) is 5.69 Å². The zero-order valence-electron chi connectivity index (χ0n) is 15.0. The van der Waals surface area contributed by atoms with Crippen molar-refractivity contribution >= 4 is 23.4 Å². The number of para-hydroxylation sites is 1. The van der Waals surface area contributed by atoms with Crippen LogP contribution in [0.4, 0.5) is 5.69 Å². The predicted molar refractivity (Wildman–Crippen MR) is 101 cm³/mol. The normalized spacial score (nSPS) is 13.7. The molecule has 1 N–H and O–H groups in total. The highest BCUT2D eigenvalue weighted by atomic mass is 32.2. The molecule has 3 aromatic rings. The van der Waals surface area contributed by atoms with Gasteiger partial charge in [0.25, 0.3) is 5.56 Å². The number of hydrogen-bond donors (Lipinski definition) is 1. The summed E-state index contributed by atoms with van der Waals surface area (Å²) in [6.45, 7) is 1.80. The number of carbonyl (C=O) groups excluding carboxylic acids is 1. The number of anilines is 1. The van der Waals surface area contributed by atoms with Crippen molar-refractivity contribution in [3.05, 3.63) is 46.4 Å². The first-order valence-electron chi connectivity index (χ1n) is 8.61. The molecule has 0 saturated heterocycles. The molecule has 140 valence electrons. The number of hydrogen-bond acceptors (Lipinski definition) is 6. The van der Waals surface area contributed by atoms with Crippen LogP contribution in [-0.4, -0.2) is 41.2 Å². The summed E-state index contributed by atoms with van der Waals surface area (Å²) in [4.78, 5) is 25.2. The standard InChI is InChI=1S/C17H19N7O2S/c1-11-15(16(26)24(22(11)2)13-6-4-3-5-7-13)18-14(25)10-27-17-19-20-21-23(17)12-8-9-12/h3-7,12H,8-10H2,1-2H3,(H,18,25). The summed E-state index contributed by atoms with van der Waals surface area (Å²) >= 11 is 1.27. The number of thioether (sulfide) groups is 1. The Bertz CT molecular complexity index is 1030. The van der Waals surface area contributed by atoms with Crippen molar-refractivity contribution < 1.29 is 4.79 Å². The van der Waals surface area contributed by atoms with Gasteiger partial charge in [0.2, 0.25) is 11.1 Å². The summed E-state index contributed by atoms with van der Waals surface area (Å²) in [6, 6.07) is 9.66. The van der Waals surface area contributed by atoms with E-state index in [1.54, 1.807) is 23.3 Å². The van der Waals surface area contributed by atoms with Crippen LogP contribution < -0.4 is 10.9 Å². The van der Waals surface area contributed by atoms with Gasteiger partial charge in [-0.1, -0.05) is 30.0 Å². The fraction of sp³-hybridized carbons (Fsp3) is 0.353. The molecule has 0 aliphatic heterocycles. The first-order valence-corrected chi connectivity index (χ1v) is 9.59. The topological polar surface area (TPSA) is 99.6 Å². The van der Waals surface area contributed by atoms with Gasteiger partial charge in [0.1, 0.15) is 5.69 Å². The van der Waals surface area contributed by atoms with E-state index in [0.717, 1.165) is 18.5 Å². The maximum atomic E-state index is 12.8. The zero-order chi connectivity index (χ0) is 19.0. The number of benzene rings is 1. The minimum absolute atomic E-state index is 0.131. The molecule has 0 spiro atoms. The molecule has 1 aromatic carbocycles. The summed E-state index contributed by atoms with van der Waals surface area (Å²) in [5.74, 6) is -0.136. The molecule has 10 heteroatoms. The number of tetrazole rings is 1. The molecule has 2 heterocycles. The molecule has 0 unspecified atom stereocenters. The summed E-state index contributed by atoms with van der Waals surface area (Å²) in [5.41, 5.74) is 1.45. The fourth-order valence-electron chi connectivity index (χ4n) is 2.85. The summed E-state index contributed by atoms with van der Waals surface area (Å²) < 4.78 is 5.02. The lowest BCUT2D eigenvalue weighted by molar-refractivity contribution is -0.113. The van der Waals surface area contributed by atoms with Crippen LogP contribution >= 0.6 is 11.8 Å². The lowest BCUT2D eigenvalue weighted by Crippen LogP contribution is -2.23. The average Bonchev–Trinajstić information content (AvgIpc) is 3.37. The van der Waals surface area contributed by atoms with Gasteiger partial charge in [-0.2, -0.15) is 0 Å². The van der Waals surface area contributed by atoms with Crippen LogP contribution in [0.1, 0.15) is 24.6 Å². The van der Waals surface area contributed by atoms with Crippen LogP contribution in [0.5, 0.6) is 0 Å². The molecule has 2 aromatic heterocycles. The molecule has 0 bridgehead atoms. The highest BCUT2D eigenvalue weighted by Gasteiger charge is 2.28. The second-order valence-corrected chi connectivity index (χ2v) is 7.35. The van der Waals surface area contributed by atoms with Crippen LogP contribution in [0.25, 0.3) is 5.69 Å². The Hall–Kier alpha value is -2.88. The van der Waals surface area contributed by atoms with Gasteiger partial charge in [-0.05, 0) is 42.3 Å². The van der Waals surface area contributed by atoms with E-state index in [1.807, 2.05) is 30.3 Å². The molecule has 9 nitrogen and oxygen atoms in total. The molecule has 1 amide bonds. The SMILES string of the molecule is Cc1c(NC(=O)CSc2nnnn2C2CC2)c(=O)n(-c2ccccc2)n1C. The van der Waals surface area contributed by atoms with Crippen LogP contribution in [0.2, 0.25) is 0 Å². The Morgan fingerprint density at radius 1 is 1.30 bits per heavy atom. The average molecular weight is 385 g/mol. The van der Waals surface area contributed by atoms with E-state index in [-0.39, 0.29) is 22.9 Å². The van der Waals surface area contributed by atoms with Crippen molar-refractivity contribution in [2.24, 2.45) is 7.05 Å². The third kappa shape index (κ3) is 3.39. The Labute approximate surface area is 159 Å². The molecule has 1 saturated carbocycles. The zero-order valence-corrected chi connectivity index (χ0v) is 15.8. The molecular formula is C17H19N7O2S. The Balaban J connectivity index is 1.50. The van der Waals surface area contributed by atoms with Gasteiger partial charge in [-0.15, -0.1) is 5.10 Å². The molecule has 0 radical (unpaired) electrons. The lowest BCUT2D eigenvalue weighted by Gasteiger charge is -2.07. The molecule has 0 atom stereocenters. The summed E-state index contributed by atoms with van der Waals surface area (Å²) in [5, 5.41) is 15.0. The number of aromatic nitrogens is 6. The second kappa shape index (κ2) is 7.03. The van der Waals surface area contributed by atoms with Crippen LogP contribution in [0.3, 0.4) is 0 Å². The second-order valence-electron chi connectivity index (χ2n) is 6.41. The smallest absolute Gasteiger partial charge is 0.295 e. The molecular weight excluding hydrogens is 366 g/mol. The van der Waals surface area contributed by atoms with Gasteiger partial charge in [-0.3, -0.25) is 14.3 Å². The van der Waals surface area contributed by atoms with Gasteiger partial charge in [0, 0.05) is 7.05 Å². The van der Waals surface area contributed by atoms with Gasteiger partial charge < -0.3 is 5.32 Å². The van der Waals surface area contributed by atoms with Crippen molar-refractivity contribution in [2.45, 2.75) is 31.0 Å². The molecule has 4 rings (SSSR count). The first-order chi connectivity index (χ1) is 13.1. The van der Waals surface area contributed by atoms with E-state index >= 15 is 0 Å². The predicted octanol–water partition coefficient (Wildman–Crippen LogP) is 1.54. The number of nitrogens with one attached hydrogen (secondary N) is 1. The molecule has 27 heavy (non-hydrogen) atoms. The van der Waals surface area contributed by atoms with Gasteiger partial charge in [0.15, 0.2) is 0 Å². The van der Waals surface area contributed by atoms with E-state index in [9.17, 15) is 9.59 Å². The van der Waals surface area contributed by atoms with E-state index in [4.69, 9.17) is 0 Å². The highest BCUT2D eigenvalue weighted by molar-refractivity contribution is 7.99. The summed E-state index contributed by atoms with van der Waals surface area (Å²) in [7, 11) is 1.79. The summed E-state index contributed by atoms with van der Waals surface area (Å²) in [6.07, 6.45) is 2.13. The van der Waals surface area contributed by atoms with E-state index < -0.39 is 0 Å². The minimum atomic E-state index is -0.267. The maximum absolute atomic E-state index is 12.8. The van der Waals surface area contributed by atoms with Gasteiger partial charge in [0.05, 0.1) is 23.2 Å². The van der Waals surface area contributed by atoms with Crippen LogP contribution in [-0.2, 0) is 11.8 Å². The van der Waals surface area contributed by atoms with Crippen LogP contribution in [0.15, 0.2) is 40.3 Å². The maximum Gasteiger partial charge on any atom is 0.295 e. The monoisotopic (exact) mass is 385 g/mol. The van der Waals surface area contributed by atoms with Crippen molar-refractivity contribution in [1.29, 1.82) is 0 Å². The van der Waals surface area contributed by atoms with Crippen molar-refractivity contribution in [2.75, 3.05) is 11.1 Å². The van der Waals surface area contributed by atoms with Crippen molar-refractivity contribution in [3.63, 3.8) is 0 Å². The minimum Gasteiger partial charge on any atom is -0.319 e. The quantitative estimate of drug-likeness (QED) is 0.646. The van der Waals surface area contributed by atoms with E-state index in [2.05, 4.69) is 20.8 Å². The number of amides is 1. The van der Waals surface area contributed by atoms with E-state index in [1.165, 1.54) is 16.4 Å². The van der Waals surface area contributed by atoms with Gasteiger partial charge >= 0.3 is 0 Å². The largest absolute Gasteiger partial charge is 0.319 e. The third-order valence-corrected chi connectivity index (χ3v) is 5.44. The fourth-order valence-corrected chi connectivity index (χ4v) is 3.59. The van der Waals surface area contributed by atoms with Gasteiger partial charge in [-0.25, -0.2) is 9.36 Å². The first kappa shape index (κ1) is 17.5. The van der Waals surface area contributed by atoms with Crippen molar-refractivity contribution in [1.82, 2.24) is 29.6 Å². The highest BCUT2D eigenvalue weighted by Crippen LogP contribution is 2.36. The molecule has 1 fully saturated rings. The molecule has 1 aliphatic carbocycles. The lowest BCUT2D eigenvalue weighted by atomic mass is 10.3. The Kier molecular flexibility index (Phi) is 4.56. The van der Waals surface area contributed by atoms with Crippen LogP contribution in [0, 0.1) is 6.92 Å². The number of rotatable bonds is 6. The number of carbonyl (C=O) groups is 1. The molecule has 1 aliphatic rings. The Morgan fingerprint density at radius 3 is 2.74 bits per heavy atom. The number of nitrogens with zero attached hydrogens (tertiary/aromatic N) is 6. The third-order valence-electron chi connectivity index (χ3n) is 4.51. The Morgan fingerprint density at radius 2 is 2.04 bits per heavy atom.